The van der Waals surface area contributed by atoms with Gasteiger partial charge in [0.15, 0.2) is 5.13 Å². The molecule has 0 unspecified atom stereocenters. The molecule has 2 fully saturated rings. The summed E-state index contributed by atoms with van der Waals surface area (Å²) in [7, 11) is 0. The van der Waals surface area contributed by atoms with Crippen molar-refractivity contribution in [1.82, 2.24) is 15.2 Å². The summed E-state index contributed by atoms with van der Waals surface area (Å²) in [5.74, 6) is 0.0981. The number of thiazole rings is 1. The lowest BCUT2D eigenvalue weighted by Gasteiger charge is -2.45. The highest BCUT2D eigenvalue weighted by molar-refractivity contribution is 7.15. The van der Waals surface area contributed by atoms with Crippen LogP contribution in [0, 0.1) is 6.92 Å². The first-order valence-electron chi connectivity index (χ1n) is 8.83. The molecular formula is C17H28N4OS. The van der Waals surface area contributed by atoms with Crippen LogP contribution in [0.5, 0.6) is 0 Å². The third kappa shape index (κ3) is 3.86. The van der Waals surface area contributed by atoms with Crippen molar-refractivity contribution in [3.8, 4) is 0 Å². The first kappa shape index (κ1) is 16.7. The molecule has 2 heterocycles. The smallest absolute Gasteiger partial charge is 0.225 e. The summed E-state index contributed by atoms with van der Waals surface area (Å²) in [6.45, 7) is 5.10. The zero-order chi connectivity index (χ0) is 16.3. The number of anilines is 1. The fourth-order valence-corrected chi connectivity index (χ4v) is 4.92. The van der Waals surface area contributed by atoms with Gasteiger partial charge in [-0.1, -0.05) is 19.3 Å². The zero-order valence-corrected chi connectivity index (χ0v) is 14.9. The summed E-state index contributed by atoms with van der Waals surface area (Å²) in [4.78, 5) is 20.2. The van der Waals surface area contributed by atoms with E-state index in [0.717, 1.165) is 17.1 Å². The van der Waals surface area contributed by atoms with Crippen LogP contribution in [0.3, 0.4) is 0 Å². The molecule has 2 aliphatic rings. The Kier molecular flexibility index (Phi) is 5.21. The number of aryl methyl sites for hydroxylation is 1. The van der Waals surface area contributed by atoms with Crippen molar-refractivity contribution in [2.24, 2.45) is 0 Å². The van der Waals surface area contributed by atoms with E-state index in [1.807, 2.05) is 6.92 Å². The number of nitrogens with one attached hydrogen (secondary N) is 1. The van der Waals surface area contributed by atoms with Gasteiger partial charge in [0.1, 0.15) is 0 Å². The van der Waals surface area contributed by atoms with Gasteiger partial charge in [-0.15, -0.1) is 11.3 Å². The Balaban J connectivity index is 1.59. The second kappa shape index (κ2) is 7.18. The second-order valence-corrected chi connectivity index (χ2v) is 8.11. The summed E-state index contributed by atoms with van der Waals surface area (Å²) in [5, 5.41) is 3.76. The SMILES string of the molecule is Cc1nc(N)sc1CC(=O)NCC1(N2CCCC2)CCCCC1. The molecule has 3 N–H and O–H groups in total. The molecule has 0 bridgehead atoms. The lowest BCUT2D eigenvalue weighted by Crippen LogP contribution is -2.55. The van der Waals surface area contributed by atoms with Crippen LogP contribution in [-0.2, 0) is 11.2 Å². The number of rotatable bonds is 5. The van der Waals surface area contributed by atoms with Crippen LogP contribution in [0.4, 0.5) is 5.13 Å². The molecule has 128 valence electrons. The lowest BCUT2D eigenvalue weighted by molar-refractivity contribution is -0.121. The van der Waals surface area contributed by atoms with Crippen LogP contribution in [0.25, 0.3) is 0 Å². The largest absolute Gasteiger partial charge is 0.375 e. The minimum atomic E-state index is 0.0981. The van der Waals surface area contributed by atoms with Gasteiger partial charge in [-0.05, 0) is 45.7 Å². The molecule has 5 nitrogen and oxygen atoms in total. The van der Waals surface area contributed by atoms with E-state index in [-0.39, 0.29) is 11.4 Å². The van der Waals surface area contributed by atoms with Gasteiger partial charge in [0.25, 0.3) is 0 Å². The van der Waals surface area contributed by atoms with E-state index in [1.165, 1.54) is 69.4 Å². The van der Waals surface area contributed by atoms with Gasteiger partial charge in [0, 0.05) is 17.0 Å². The Bertz CT molecular complexity index is 545. The van der Waals surface area contributed by atoms with E-state index in [2.05, 4.69) is 15.2 Å². The summed E-state index contributed by atoms with van der Waals surface area (Å²) in [6.07, 6.45) is 9.36. The molecule has 1 amide bonds. The number of hydrogen-bond donors (Lipinski definition) is 2. The third-order valence-electron chi connectivity index (χ3n) is 5.41. The number of likely N-dealkylation sites (tertiary alicyclic amines) is 1. The standard InChI is InChI=1S/C17H28N4OS/c1-13-14(23-16(18)20-13)11-15(22)19-12-17(7-3-2-4-8-17)21-9-5-6-10-21/h2-12H2,1H3,(H2,18,20)(H,19,22). The summed E-state index contributed by atoms with van der Waals surface area (Å²) in [6, 6.07) is 0. The molecule has 23 heavy (non-hydrogen) atoms. The molecule has 1 aromatic rings. The molecular weight excluding hydrogens is 308 g/mol. The number of nitrogen functional groups attached to an aromatic ring is 1. The maximum atomic E-state index is 12.4. The molecule has 0 aromatic carbocycles. The number of hydrogen-bond acceptors (Lipinski definition) is 5. The predicted octanol–water partition coefficient (Wildman–Crippen LogP) is 2.49. The first-order valence-corrected chi connectivity index (χ1v) is 9.64. The Morgan fingerprint density at radius 1 is 1.26 bits per heavy atom. The Hall–Kier alpha value is -1.14. The van der Waals surface area contributed by atoms with Crippen LogP contribution in [0.1, 0.15) is 55.5 Å². The molecule has 0 spiro atoms. The first-order chi connectivity index (χ1) is 11.1. The van der Waals surface area contributed by atoms with Crippen LogP contribution in [-0.4, -0.2) is 41.0 Å². The van der Waals surface area contributed by atoms with E-state index in [0.29, 0.717) is 11.6 Å². The van der Waals surface area contributed by atoms with Crippen molar-refractivity contribution < 1.29 is 4.79 Å². The number of nitrogens with zero attached hydrogens (tertiary/aromatic N) is 2. The van der Waals surface area contributed by atoms with Crippen molar-refractivity contribution in [1.29, 1.82) is 0 Å². The Morgan fingerprint density at radius 2 is 1.96 bits per heavy atom. The maximum Gasteiger partial charge on any atom is 0.225 e. The van der Waals surface area contributed by atoms with Gasteiger partial charge in [-0.2, -0.15) is 0 Å². The number of amides is 1. The molecule has 0 atom stereocenters. The van der Waals surface area contributed by atoms with Crippen LogP contribution < -0.4 is 11.1 Å². The number of carbonyl (C=O) groups is 1. The molecule has 0 radical (unpaired) electrons. The van der Waals surface area contributed by atoms with Crippen molar-refractivity contribution in [3.63, 3.8) is 0 Å². The van der Waals surface area contributed by atoms with Gasteiger partial charge in [-0.25, -0.2) is 4.98 Å². The Morgan fingerprint density at radius 3 is 2.57 bits per heavy atom. The lowest BCUT2D eigenvalue weighted by atomic mass is 9.80. The van der Waals surface area contributed by atoms with Crippen molar-refractivity contribution in [3.05, 3.63) is 10.6 Å². The zero-order valence-electron chi connectivity index (χ0n) is 14.1. The van der Waals surface area contributed by atoms with Crippen LogP contribution >= 0.6 is 11.3 Å². The average molecular weight is 337 g/mol. The molecule has 6 heteroatoms. The van der Waals surface area contributed by atoms with E-state index in [4.69, 9.17) is 5.73 Å². The average Bonchev–Trinajstić information content (AvgIpc) is 3.17. The molecule has 3 rings (SSSR count). The highest BCUT2D eigenvalue weighted by Gasteiger charge is 2.39. The van der Waals surface area contributed by atoms with E-state index >= 15 is 0 Å². The van der Waals surface area contributed by atoms with Crippen LogP contribution in [0.15, 0.2) is 0 Å². The second-order valence-electron chi connectivity index (χ2n) is 6.99. The van der Waals surface area contributed by atoms with Crippen LogP contribution in [0.2, 0.25) is 0 Å². The van der Waals surface area contributed by atoms with Crippen molar-refractivity contribution in [2.45, 2.75) is 63.8 Å². The summed E-state index contributed by atoms with van der Waals surface area (Å²) >= 11 is 1.42. The summed E-state index contributed by atoms with van der Waals surface area (Å²) in [5.41, 5.74) is 6.80. The molecule has 1 aliphatic heterocycles. The third-order valence-corrected chi connectivity index (χ3v) is 6.39. The van der Waals surface area contributed by atoms with Gasteiger partial charge in [-0.3, -0.25) is 9.69 Å². The molecule has 1 aromatic heterocycles. The van der Waals surface area contributed by atoms with E-state index in [9.17, 15) is 4.79 Å². The highest BCUT2D eigenvalue weighted by atomic mass is 32.1. The van der Waals surface area contributed by atoms with E-state index in [1.54, 1.807) is 0 Å². The number of nitrogens with two attached hydrogens (primary N) is 1. The van der Waals surface area contributed by atoms with Gasteiger partial charge in [0.2, 0.25) is 5.91 Å². The van der Waals surface area contributed by atoms with Crippen molar-refractivity contribution in [2.75, 3.05) is 25.4 Å². The minimum Gasteiger partial charge on any atom is -0.375 e. The highest BCUT2D eigenvalue weighted by Crippen LogP contribution is 2.35. The topological polar surface area (TPSA) is 71.2 Å². The monoisotopic (exact) mass is 336 g/mol. The van der Waals surface area contributed by atoms with Crippen molar-refractivity contribution >= 4 is 22.4 Å². The minimum absolute atomic E-state index is 0.0981. The quantitative estimate of drug-likeness (QED) is 0.866. The normalized spacial score (nSPS) is 21.4. The molecule has 1 saturated carbocycles. The Labute approximate surface area is 142 Å². The van der Waals surface area contributed by atoms with Gasteiger partial charge >= 0.3 is 0 Å². The van der Waals surface area contributed by atoms with Gasteiger partial charge < -0.3 is 11.1 Å². The maximum absolute atomic E-state index is 12.4. The van der Waals surface area contributed by atoms with E-state index < -0.39 is 0 Å². The fraction of sp³-hybridized carbons (Fsp3) is 0.765. The fourth-order valence-electron chi connectivity index (χ4n) is 4.09. The summed E-state index contributed by atoms with van der Waals surface area (Å²) < 4.78 is 0. The predicted molar refractivity (Wildman–Crippen MR) is 94.6 cm³/mol. The van der Waals surface area contributed by atoms with Gasteiger partial charge in [0.05, 0.1) is 12.1 Å². The molecule has 1 aliphatic carbocycles. The molecule has 1 saturated heterocycles. The number of carbonyl (C=O) groups excluding carboxylic acids is 1. The number of aromatic nitrogens is 1.